The maximum absolute atomic E-state index is 12.6. The van der Waals surface area contributed by atoms with E-state index in [0.29, 0.717) is 5.56 Å². The van der Waals surface area contributed by atoms with Gasteiger partial charge in [0.2, 0.25) is 0 Å². The Morgan fingerprint density at radius 1 is 1.09 bits per heavy atom. The fraction of sp³-hybridized carbons (Fsp3) is 0.158. The number of carbonyl (C=O) groups excluding carboxylic acids is 2. The molecule has 1 aliphatic rings. The molecule has 2 aromatic rings. The van der Waals surface area contributed by atoms with Crippen LogP contribution in [0.25, 0.3) is 0 Å². The summed E-state index contributed by atoms with van der Waals surface area (Å²) in [6.45, 7) is 0. The second kappa shape index (κ2) is 6.92. The molecule has 0 saturated heterocycles. The van der Waals surface area contributed by atoms with Crippen LogP contribution in [0.2, 0.25) is 0 Å². The molecule has 0 saturated carbocycles. The smallest absolute Gasteiger partial charge is 0.331 e. The van der Waals surface area contributed by atoms with Crippen LogP contribution in [0.1, 0.15) is 28.3 Å². The molecule has 0 unspecified atom stereocenters. The summed E-state index contributed by atoms with van der Waals surface area (Å²) in [6, 6.07) is 16.9. The molecule has 3 rings (SSSR count). The highest BCUT2D eigenvalue weighted by atomic mass is 79.9. The Bertz CT molecular complexity index is 735. The van der Waals surface area contributed by atoms with Gasteiger partial charge in [0.1, 0.15) is 6.10 Å². The van der Waals surface area contributed by atoms with E-state index in [1.807, 2.05) is 42.5 Å². The van der Waals surface area contributed by atoms with Crippen LogP contribution in [0.4, 0.5) is 0 Å². The van der Waals surface area contributed by atoms with E-state index < -0.39 is 6.10 Å². The number of halogens is 1. The summed E-state index contributed by atoms with van der Waals surface area (Å²) >= 11 is 3.41. The zero-order valence-corrected chi connectivity index (χ0v) is 13.9. The summed E-state index contributed by atoms with van der Waals surface area (Å²) in [5.41, 5.74) is 1.64. The highest BCUT2D eigenvalue weighted by Crippen LogP contribution is 2.31. The molecular weight excluding hydrogens is 356 g/mol. The number of carbonyl (C=O) groups is 2. The summed E-state index contributed by atoms with van der Waals surface area (Å²) in [6.07, 6.45) is 3.03. The number of cyclic esters (lactones) is 1. The largest absolute Gasteiger partial charge is 0.454 e. The van der Waals surface area contributed by atoms with Gasteiger partial charge in [0.25, 0.3) is 0 Å². The molecular formula is C19H15BrO3. The molecule has 1 aliphatic heterocycles. The minimum Gasteiger partial charge on any atom is -0.454 e. The lowest BCUT2D eigenvalue weighted by molar-refractivity contribution is -0.139. The Labute approximate surface area is 143 Å². The van der Waals surface area contributed by atoms with E-state index in [0.717, 1.165) is 10.0 Å². The average Bonchev–Trinajstić information content (AvgIpc) is 3.00. The number of Topliss-reactive ketones (excluding diaryl/α,β-unsaturated/α-hetero) is 1. The van der Waals surface area contributed by atoms with Crippen molar-refractivity contribution >= 4 is 27.7 Å². The van der Waals surface area contributed by atoms with E-state index in [9.17, 15) is 9.59 Å². The van der Waals surface area contributed by atoms with Gasteiger partial charge in [-0.1, -0.05) is 58.4 Å². The van der Waals surface area contributed by atoms with Crippen molar-refractivity contribution in [3.63, 3.8) is 0 Å². The number of ketones is 1. The van der Waals surface area contributed by atoms with E-state index in [-0.39, 0.29) is 24.1 Å². The van der Waals surface area contributed by atoms with Crippen LogP contribution in [0.15, 0.2) is 71.2 Å². The summed E-state index contributed by atoms with van der Waals surface area (Å²) < 4.78 is 6.30. The predicted octanol–water partition coefficient (Wildman–Crippen LogP) is 4.29. The van der Waals surface area contributed by atoms with Crippen molar-refractivity contribution in [2.24, 2.45) is 0 Å². The second-order valence-corrected chi connectivity index (χ2v) is 6.33. The maximum atomic E-state index is 12.6. The minimum atomic E-state index is -0.406. The number of hydrogen-bond acceptors (Lipinski definition) is 3. The van der Waals surface area contributed by atoms with Crippen LogP contribution in [0.3, 0.4) is 0 Å². The van der Waals surface area contributed by atoms with E-state index in [4.69, 9.17) is 4.74 Å². The SMILES string of the molecule is O=C1C=C[C@@H]([C@@H](CC(=O)c2ccccc2)c2ccc(Br)cc2)O1. The van der Waals surface area contributed by atoms with Gasteiger partial charge in [-0.05, 0) is 23.8 Å². The highest BCUT2D eigenvalue weighted by molar-refractivity contribution is 9.10. The van der Waals surface area contributed by atoms with Crippen LogP contribution in [0.5, 0.6) is 0 Å². The number of hydrogen-bond donors (Lipinski definition) is 0. The van der Waals surface area contributed by atoms with Gasteiger partial charge in [-0.3, -0.25) is 4.79 Å². The van der Waals surface area contributed by atoms with Crippen molar-refractivity contribution in [1.82, 2.24) is 0 Å². The molecule has 1 heterocycles. The van der Waals surface area contributed by atoms with E-state index in [1.165, 1.54) is 6.08 Å². The van der Waals surface area contributed by atoms with Gasteiger partial charge < -0.3 is 4.74 Å². The molecule has 0 fully saturated rings. The zero-order valence-electron chi connectivity index (χ0n) is 12.3. The number of esters is 1. The zero-order chi connectivity index (χ0) is 16.2. The Balaban J connectivity index is 1.86. The summed E-state index contributed by atoms with van der Waals surface area (Å²) in [4.78, 5) is 24.0. The lowest BCUT2D eigenvalue weighted by Gasteiger charge is -2.22. The summed E-state index contributed by atoms with van der Waals surface area (Å²) in [5, 5.41) is 0. The highest BCUT2D eigenvalue weighted by Gasteiger charge is 2.30. The molecule has 0 amide bonds. The fourth-order valence-electron chi connectivity index (χ4n) is 2.68. The molecule has 0 bridgehead atoms. The van der Waals surface area contributed by atoms with Gasteiger partial charge in [0.15, 0.2) is 5.78 Å². The molecule has 0 N–H and O–H groups in total. The van der Waals surface area contributed by atoms with Gasteiger partial charge in [-0.25, -0.2) is 4.79 Å². The first-order valence-electron chi connectivity index (χ1n) is 7.36. The third-order valence-electron chi connectivity index (χ3n) is 3.87. The van der Waals surface area contributed by atoms with E-state index in [1.54, 1.807) is 18.2 Å². The number of ether oxygens (including phenoxy) is 1. The van der Waals surface area contributed by atoms with Crippen molar-refractivity contribution in [1.29, 1.82) is 0 Å². The van der Waals surface area contributed by atoms with E-state index in [2.05, 4.69) is 15.9 Å². The van der Waals surface area contributed by atoms with Crippen LogP contribution < -0.4 is 0 Å². The Hall–Kier alpha value is -2.20. The van der Waals surface area contributed by atoms with Crippen LogP contribution in [-0.4, -0.2) is 17.9 Å². The molecule has 0 spiro atoms. The van der Waals surface area contributed by atoms with Gasteiger partial charge >= 0.3 is 5.97 Å². The lowest BCUT2D eigenvalue weighted by atomic mass is 9.87. The van der Waals surface area contributed by atoms with Gasteiger partial charge in [-0.2, -0.15) is 0 Å². The first kappa shape index (κ1) is 15.7. The van der Waals surface area contributed by atoms with Crippen LogP contribution in [0, 0.1) is 0 Å². The molecule has 2 aromatic carbocycles. The molecule has 3 nitrogen and oxygen atoms in total. The third kappa shape index (κ3) is 3.77. The standard InChI is InChI=1S/C19H15BrO3/c20-15-8-6-13(7-9-15)16(18-10-11-19(22)23-18)12-17(21)14-4-2-1-3-5-14/h1-11,16,18H,12H2/t16-,18-/m0/s1. The topological polar surface area (TPSA) is 43.4 Å². The van der Waals surface area contributed by atoms with Gasteiger partial charge in [0, 0.05) is 28.5 Å². The molecule has 2 atom stereocenters. The minimum absolute atomic E-state index is 0.0369. The van der Waals surface area contributed by atoms with Gasteiger partial charge in [-0.15, -0.1) is 0 Å². The van der Waals surface area contributed by atoms with Crippen molar-refractivity contribution in [3.05, 3.63) is 82.3 Å². The maximum Gasteiger partial charge on any atom is 0.331 e. The quantitative estimate of drug-likeness (QED) is 0.582. The molecule has 0 aromatic heterocycles. The Kier molecular flexibility index (Phi) is 4.72. The van der Waals surface area contributed by atoms with Crippen LogP contribution in [-0.2, 0) is 9.53 Å². The normalized spacial score (nSPS) is 17.8. The first-order valence-corrected chi connectivity index (χ1v) is 8.15. The van der Waals surface area contributed by atoms with Crippen molar-refractivity contribution in [2.45, 2.75) is 18.4 Å². The lowest BCUT2D eigenvalue weighted by Crippen LogP contribution is -2.21. The fourth-order valence-corrected chi connectivity index (χ4v) is 2.94. The average molecular weight is 371 g/mol. The molecule has 23 heavy (non-hydrogen) atoms. The third-order valence-corrected chi connectivity index (χ3v) is 4.40. The van der Waals surface area contributed by atoms with Crippen LogP contribution >= 0.6 is 15.9 Å². The number of benzene rings is 2. The van der Waals surface area contributed by atoms with Gasteiger partial charge in [0.05, 0.1) is 0 Å². The summed E-state index contributed by atoms with van der Waals surface area (Å²) in [5.74, 6) is -0.516. The second-order valence-electron chi connectivity index (χ2n) is 5.41. The predicted molar refractivity (Wildman–Crippen MR) is 91.3 cm³/mol. The first-order chi connectivity index (χ1) is 11.1. The molecule has 116 valence electrons. The Morgan fingerprint density at radius 2 is 1.78 bits per heavy atom. The van der Waals surface area contributed by atoms with E-state index >= 15 is 0 Å². The monoisotopic (exact) mass is 370 g/mol. The summed E-state index contributed by atoms with van der Waals surface area (Å²) in [7, 11) is 0. The molecule has 0 radical (unpaired) electrons. The Morgan fingerprint density at radius 3 is 2.39 bits per heavy atom. The molecule has 0 aliphatic carbocycles. The number of rotatable bonds is 5. The van der Waals surface area contributed by atoms with Crippen molar-refractivity contribution < 1.29 is 14.3 Å². The van der Waals surface area contributed by atoms with Crippen molar-refractivity contribution in [3.8, 4) is 0 Å². The van der Waals surface area contributed by atoms with Crippen molar-refractivity contribution in [2.75, 3.05) is 0 Å². The molecule has 4 heteroatoms.